The van der Waals surface area contributed by atoms with Crippen LogP contribution in [-0.4, -0.2) is 40.2 Å². The number of H-pyrrole nitrogens is 1. The number of carboxylic acids is 1. The summed E-state index contributed by atoms with van der Waals surface area (Å²) in [4.78, 5) is 15.8. The number of aromatic amines is 1. The lowest BCUT2D eigenvalue weighted by Gasteiger charge is -2.15. The number of aliphatic hydroxyl groups excluding tert-OH is 1. The van der Waals surface area contributed by atoms with Crippen molar-refractivity contribution in [2.75, 3.05) is 14.1 Å². The minimum atomic E-state index is -4.61. The number of nitrogens with zero attached hydrogens (tertiary/aromatic N) is 1. The number of hydrogen-bond donors (Lipinski definition) is 3. The molecule has 1 unspecified atom stereocenters. The molecule has 1 aromatic heterocycles. The maximum Gasteiger partial charge on any atom is 0.416 e. The first kappa shape index (κ1) is 18.3. The Labute approximate surface area is 136 Å². The van der Waals surface area contributed by atoms with Gasteiger partial charge in [-0.15, -0.1) is 0 Å². The third kappa shape index (κ3) is 3.70. The van der Waals surface area contributed by atoms with E-state index in [0.29, 0.717) is 23.2 Å². The average Bonchev–Trinajstić information content (AvgIpc) is 2.72. The number of aromatic nitrogens is 1. The van der Waals surface area contributed by atoms with Crippen molar-refractivity contribution < 1.29 is 28.2 Å². The van der Waals surface area contributed by atoms with E-state index in [1.54, 1.807) is 19.0 Å². The van der Waals surface area contributed by atoms with Gasteiger partial charge in [-0.2, -0.15) is 13.2 Å². The molecule has 2 rings (SSSR count). The molecule has 0 spiro atoms. The first-order valence-corrected chi connectivity index (χ1v) is 7.29. The van der Waals surface area contributed by atoms with E-state index < -0.39 is 23.8 Å². The number of carbonyl (C=O) groups is 1. The summed E-state index contributed by atoms with van der Waals surface area (Å²) in [6.07, 6.45) is -6.25. The van der Waals surface area contributed by atoms with Crippen molar-refractivity contribution in [3.63, 3.8) is 0 Å². The van der Waals surface area contributed by atoms with Gasteiger partial charge in [0.1, 0.15) is 0 Å². The van der Waals surface area contributed by atoms with E-state index in [2.05, 4.69) is 4.98 Å². The average molecular weight is 344 g/mol. The fraction of sp³-hybridized carbons (Fsp3) is 0.438. The number of aliphatic hydroxyl groups is 1. The number of carboxylic acid groups (broad SMARTS) is 1. The topological polar surface area (TPSA) is 76.6 Å². The third-order valence-corrected chi connectivity index (χ3v) is 3.72. The first-order chi connectivity index (χ1) is 11.0. The summed E-state index contributed by atoms with van der Waals surface area (Å²) in [5.41, 5.74) is -0.00325. The summed E-state index contributed by atoms with van der Waals surface area (Å²) in [5.74, 6) is -1.07. The van der Waals surface area contributed by atoms with Crippen LogP contribution in [0.15, 0.2) is 12.1 Å². The van der Waals surface area contributed by atoms with Crippen LogP contribution in [-0.2, 0) is 23.9 Å². The maximum absolute atomic E-state index is 13.2. The minimum Gasteiger partial charge on any atom is -0.481 e. The number of halogens is 3. The highest BCUT2D eigenvalue weighted by molar-refractivity contribution is 5.89. The van der Waals surface area contributed by atoms with Crippen molar-refractivity contribution in [3.8, 4) is 0 Å². The van der Waals surface area contributed by atoms with Gasteiger partial charge >= 0.3 is 12.1 Å². The molecule has 0 saturated heterocycles. The molecule has 0 aliphatic carbocycles. The van der Waals surface area contributed by atoms with Gasteiger partial charge < -0.3 is 20.1 Å². The van der Waals surface area contributed by atoms with Crippen molar-refractivity contribution in [1.82, 2.24) is 9.88 Å². The second-order valence-corrected chi connectivity index (χ2v) is 6.05. The van der Waals surface area contributed by atoms with Crippen LogP contribution < -0.4 is 0 Å². The Morgan fingerprint density at radius 1 is 1.33 bits per heavy atom. The Hall–Kier alpha value is -2.06. The Balaban J connectivity index is 2.76. The van der Waals surface area contributed by atoms with Gasteiger partial charge in [-0.25, -0.2) is 0 Å². The molecule has 1 atom stereocenters. The molecule has 0 bridgehead atoms. The summed E-state index contributed by atoms with van der Waals surface area (Å²) in [6.45, 7) is 1.61. The lowest BCUT2D eigenvalue weighted by atomic mass is 9.97. The van der Waals surface area contributed by atoms with Crippen molar-refractivity contribution in [3.05, 3.63) is 34.5 Å². The van der Waals surface area contributed by atoms with Crippen molar-refractivity contribution in [2.45, 2.75) is 32.2 Å². The number of fused-ring (bicyclic) bond motifs is 1. The van der Waals surface area contributed by atoms with Crippen LogP contribution >= 0.6 is 0 Å². The van der Waals surface area contributed by atoms with E-state index in [9.17, 15) is 23.1 Å². The monoisotopic (exact) mass is 344 g/mol. The van der Waals surface area contributed by atoms with Crippen LogP contribution in [0, 0.1) is 0 Å². The van der Waals surface area contributed by atoms with E-state index in [4.69, 9.17) is 5.11 Å². The molecule has 5 nitrogen and oxygen atoms in total. The molecule has 0 aliphatic heterocycles. The molecular weight excluding hydrogens is 325 g/mol. The van der Waals surface area contributed by atoms with Gasteiger partial charge in [-0.05, 0) is 44.3 Å². The van der Waals surface area contributed by atoms with Gasteiger partial charge in [0.2, 0.25) is 0 Å². The molecule has 24 heavy (non-hydrogen) atoms. The van der Waals surface area contributed by atoms with Crippen LogP contribution in [0.25, 0.3) is 10.9 Å². The fourth-order valence-corrected chi connectivity index (χ4v) is 2.77. The molecule has 0 radical (unpaired) electrons. The quantitative estimate of drug-likeness (QED) is 0.779. The molecule has 132 valence electrons. The van der Waals surface area contributed by atoms with Crippen molar-refractivity contribution in [1.29, 1.82) is 0 Å². The number of hydrogen-bond acceptors (Lipinski definition) is 3. The summed E-state index contributed by atoms with van der Waals surface area (Å²) in [6, 6.07) is 2.17. The minimum absolute atomic E-state index is 0.208. The molecule has 8 heteroatoms. The van der Waals surface area contributed by atoms with Gasteiger partial charge in [-0.3, -0.25) is 4.79 Å². The van der Waals surface area contributed by atoms with Crippen LogP contribution in [0.4, 0.5) is 13.2 Å². The van der Waals surface area contributed by atoms with Crippen molar-refractivity contribution in [2.24, 2.45) is 0 Å². The Morgan fingerprint density at radius 2 is 1.96 bits per heavy atom. The predicted octanol–water partition coefficient (Wildman–Crippen LogP) is 2.93. The van der Waals surface area contributed by atoms with E-state index >= 15 is 0 Å². The molecule has 3 N–H and O–H groups in total. The number of benzene rings is 1. The van der Waals surface area contributed by atoms with Crippen LogP contribution in [0.2, 0.25) is 0 Å². The van der Waals surface area contributed by atoms with Crippen LogP contribution in [0.3, 0.4) is 0 Å². The SMILES string of the molecule is CC(O)c1cc2c(CC(=O)O)c(CN(C)C)[nH]c2cc1C(F)(F)F. The van der Waals surface area contributed by atoms with E-state index in [1.807, 2.05) is 0 Å². The highest BCUT2D eigenvalue weighted by atomic mass is 19.4. The van der Waals surface area contributed by atoms with E-state index in [1.165, 1.54) is 13.0 Å². The molecular formula is C16H19F3N2O3. The molecule has 0 aliphatic rings. The maximum atomic E-state index is 13.2. The Kier molecular flexibility index (Phi) is 4.91. The van der Waals surface area contributed by atoms with Gasteiger partial charge in [0.05, 0.1) is 18.1 Å². The first-order valence-electron chi connectivity index (χ1n) is 7.29. The number of aliphatic carboxylic acids is 1. The summed E-state index contributed by atoms with van der Waals surface area (Å²) in [7, 11) is 3.55. The second kappa shape index (κ2) is 6.45. The molecule has 1 aromatic carbocycles. The highest BCUT2D eigenvalue weighted by Gasteiger charge is 2.35. The predicted molar refractivity (Wildman–Crippen MR) is 82.7 cm³/mol. The zero-order valence-corrected chi connectivity index (χ0v) is 13.5. The second-order valence-electron chi connectivity index (χ2n) is 6.05. The summed E-state index contributed by atoms with van der Waals surface area (Å²) < 4.78 is 39.7. The summed E-state index contributed by atoms with van der Waals surface area (Å²) in [5, 5.41) is 19.2. The van der Waals surface area contributed by atoms with Gasteiger partial charge in [-0.1, -0.05) is 0 Å². The standard InChI is InChI=1S/C16H19F3N2O3/c1-8(22)9-4-10-11(5-15(23)24)14(7-21(2)3)20-13(10)6-12(9)16(17,18)19/h4,6,8,20,22H,5,7H2,1-3H3,(H,23,24). The highest BCUT2D eigenvalue weighted by Crippen LogP contribution is 2.38. The fourth-order valence-electron chi connectivity index (χ4n) is 2.77. The van der Waals surface area contributed by atoms with Gasteiger partial charge in [0.15, 0.2) is 0 Å². The molecule has 0 amide bonds. The zero-order chi connectivity index (χ0) is 18.2. The smallest absolute Gasteiger partial charge is 0.416 e. The van der Waals surface area contributed by atoms with Gasteiger partial charge in [0, 0.05) is 23.1 Å². The zero-order valence-electron chi connectivity index (χ0n) is 13.5. The van der Waals surface area contributed by atoms with Gasteiger partial charge in [0.25, 0.3) is 0 Å². The van der Waals surface area contributed by atoms with Crippen LogP contribution in [0.1, 0.15) is 35.4 Å². The largest absolute Gasteiger partial charge is 0.481 e. The molecule has 1 heterocycles. The normalized spacial score (nSPS) is 13.7. The Morgan fingerprint density at radius 3 is 2.42 bits per heavy atom. The molecule has 0 saturated carbocycles. The number of alkyl halides is 3. The lowest BCUT2D eigenvalue weighted by molar-refractivity contribution is -0.139. The molecule has 2 aromatic rings. The summed E-state index contributed by atoms with van der Waals surface area (Å²) >= 11 is 0. The van der Waals surface area contributed by atoms with Crippen molar-refractivity contribution >= 4 is 16.9 Å². The number of rotatable bonds is 5. The lowest BCUT2D eigenvalue weighted by Crippen LogP contribution is -2.13. The molecule has 0 fully saturated rings. The van der Waals surface area contributed by atoms with E-state index in [-0.39, 0.29) is 17.5 Å². The number of nitrogens with one attached hydrogen (secondary N) is 1. The van der Waals surface area contributed by atoms with Crippen LogP contribution in [0.5, 0.6) is 0 Å². The van der Waals surface area contributed by atoms with E-state index in [0.717, 1.165) is 6.07 Å². The Bertz CT molecular complexity index is 764. The third-order valence-electron chi connectivity index (χ3n) is 3.72.